The summed E-state index contributed by atoms with van der Waals surface area (Å²) in [7, 11) is -4.12. The summed E-state index contributed by atoms with van der Waals surface area (Å²) < 4.78 is 49.0. The zero-order valence-corrected chi connectivity index (χ0v) is 22.5. The van der Waals surface area contributed by atoms with Crippen molar-refractivity contribution in [3.63, 3.8) is 0 Å². The molecule has 2 unspecified atom stereocenters. The van der Waals surface area contributed by atoms with Crippen LogP contribution in [0.2, 0.25) is 0 Å². The summed E-state index contributed by atoms with van der Waals surface area (Å²) in [6.07, 6.45) is 16.3. The summed E-state index contributed by atoms with van der Waals surface area (Å²) in [6.45, 7) is 5.67. The second-order valence-electron chi connectivity index (χ2n) is 8.51. The van der Waals surface area contributed by atoms with E-state index in [2.05, 4.69) is 6.92 Å². The Labute approximate surface area is 207 Å². The standard InChI is InChI=1S/C22H44O6S.Na/c1-3-4-5-6-7-8-9-10-11-12-13-16-22(2)27-20-21(28-22)19-26-17-14-15-18-29(23,24)25;/h21H,3-20H2,1-2H3,(H,23,24,25);/q;+1/p-1. The van der Waals surface area contributed by atoms with Gasteiger partial charge in [0.2, 0.25) is 0 Å². The number of hydrogen-bond donors (Lipinski definition) is 0. The van der Waals surface area contributed by atoms with Gasteiger partial charge in [-0.1, -0.05) is 71.1 Å². The first kappa shape index (κ1) is 30.8. The van der Waals surface area contributed by atoms with Crippen molar-refractivity contribution in [3.05, 3.63) is 0 Å². The van der Waals surface area contributed by atoms with Gasteiger partial charge in [0.15, 0.2) is 5.79 Å². The molecule has 0 radical (unpaired) electrons. The molecular weight excluding hydrogens is 415 g/mol. The number of rotatable bonds is 19. The van der Waals surface area contributed by atoms with Crippen LogP contribution in [0.5, 0.6) is 0 Å². The normalized spacial score (nSPS) is 21.6. The zero-order chi connectivity index (χ0) is 21.4. The zero-order valence-electron chi connectivity index (χ0n) is 19.7. The summed E-state index contributed by atoms with van der Waals surface area (Å²) in [6, 6.07) is 0. The van der Waals surface area contributed by atoms with E-state index in [0.717, 1.165) is 12.8 Å². The minimum atomic E-state index is -4.12. The SMILES string of the molecule is CCCCCCCCCCCCCC1(C)OCC(COCCCCS(=O)(=O)[O-])O1.[Na+]. The van der Waals surface area contributed by atoms with Crippen molar-refractivity contribution in [2.24, 2.45) is 0 Å². The Kier molecular flexibility index (Phi) is 18.7. The molecule has 8 heteroatoms. The maximum Gasteiger partial charge on any atom is 1.00 e. The Balaban J connectivity index is 0.00000841. The molecule has 0 aromatic rings. The van der Waals surface area contributed by atoms with Crippen molar-refractivity contribution in [2.45, 2.75) is 116 Å². The van der Waals surface area contributed by atoms with Crippen LogP contribution in [-0.4, -0.2) is 50.4 Å². The fourth-order valence-corrected chi connectivity index (χ4v) is 4.27. The van der Waals surface area contributed by atoms with Crippen molar-refractivity contribution in [1.82, 2.24) is 0 Å². The van der Waals surface area contributed by atoms with Gasteiger partial charge in [0.05, 0.1) is 23.3 Å². The Morgan fingerprint density at radius 2 is 1.50 bits per heavy atom. The van der Waals surface area contributed by atoms with Crippen molar-refractivity contribution in [2.75, 3.05) is 25.6 Å². The smallest absolute Gasteiger partial charge is 0.748 e. The van der Waals surface area contributed by atoms with Crippen LogP contribution < -0.4 is 29.6 Å². The van der Waals surface area contributed by atoms with Gasteiger partial charge in [0.25, 0.3) is 0 Å². The molecule has 1 heterocycles. The molecule has 2 atom stereocenters. The van der Waals surface area contributed by atoms with Gasteiger partial charge in [0.1, 0.15) is 6.10 Å². The van der Waals surface area contributed by atoms with Gasteiger partial charge in [-0.15, -0.1) is 0 Å². The predicted octanol–water partition coefficient (Wildman–Crippen LogP) is 2.17. The van der Waals surface area contributed by atoms with E-state index in [0.29, 0.717) is 32.7 Å². The Hall–Kier alpha value is 0.790. The first-order valence-electron chi connectivity index (χ1n) is 11.7. The molecule has 30 heavy (non-hydrogen) atoms. The molecule has 1 fully saturated rings. The van der Waals surface area contributed by atoms with Gasteiger partial charge >= 0.3 is 29.6 Å². The molecule has 0 N–H and O–H groups in total. The largest absolute Gasteiger partial charge is 1.00 e. The van der Waals surface area contributed by atoms with Crippen LogP contribution in [0.4, 0.5) is 0 Å². The first-order chi connectivity index (χ1) is 13.8. The third kappa shape index (κ3) is 17.4. The van der Waals surface area contributed by atoms with Gasteiger partial charge in [-0.25, -0.2) is 8.42 Å². The van der Waals surface area contributed by atoms with Crippen molar-refractivity contribution < 1.29 is 56.7 Å². The summed E-state index contributed by atoms with van der Waals surface area (Å²) in [5, 5.41) is 0. The number of ether oxygens (including phenoxy) is 3. The maximum atomic E-state index is 10.5. The molecule has 0 aromatic carbocycles. The van der Waals surface area contributed by atoms with E-state index in [-0.39, 0.29) is 41.4 Å². The molecule has 6 nitrogen and oxygen atoms in total. The van der Waals surface area contributed by atoms with Gasteiger partial charge in [-0.3, -0.25) is 0 Å². The van der Waals surface area contributed by atoms with Crippen molar-refractivity contribution in [1.29, 1.82) is 0 Å². The third-order valence-electron chi connectivity index (χ3n) is 5.46. The Bertz CT molecular complexity index is 502. The quantitative estimate of drug-likeness (QED) is 0.168. The molecule has 1 rings (SSSR count). The fraction of sp³-hybridized carbons (Fsp3) is 1.00. The molecule has 1 aliphatic rings. The van der Waals surface area contributed by atoms with E-state index in [4.69, 9.17) is 14.2 Å². The Morgan fingerprint density at radius 3 is 2.07 bits per heavy atom. The molecule has 174 valence electrons. The van der Waals surface area contributed by atoms with Crippen LogP contribution in [-0.2, 0) is 24.3 Å². The molecule has 0 saturated carbocycles. The van der Waals surface area contributed by atoms with E-state index < -0.39 is 15.9 Å². The van der Waals surface area contributed by atoms with Gasteiger partial charge in [0, 0.05) is 18.8 Å². The minimum absolute atomic E-state index is 0. The maximum absolute atomic E-state index is 10.5. The van der Waals surface area contributed by atoms with Gasteiger partial charge < -0.3 is 18.8 Å². The summed E-state index contributed by atoms with van der Waals surface area (Å²) in [5.74, 6) is -0.833. The summed E-state index contributed by atoms with van der Waals surface area (Å²) >= 11 is 0. The monoisotopic (exact) mass is 458 g/mol. The van der Waals surface area contributed by atoms with E-state index in [1.54, 1.807) is 0 Å². The molecule has 0 amide bonds. The molecule has 0 aromatic heterocycles. The van der Waals surface area contributed by atoms with Crippen LogP contribution in [0.3, 0.4) is 0 Å². The molecule has 1 aliphatic heterocycles. The Morgan fingerprint density at radius 1 is 0.933 bits per heavy atom. The molecule has 0 spiro atoms. The minimum Gasteiger partial charge on any atom is -0.748 e. The van der Waals surface area contributed by atoms with E-state index >= 15 is 0 Å². The average molecular weight is 459 g/mol. The molecular formula is C22H43NaO6S. The van der Waals surface area contributed by atoms with Crippen LogP contribution in [0.1, 0.15) is 104 Å². The molecule has 0 bridgehead atoms. The van der Waals surface area contributed by atoms with Crippen LogP contribution in [0.25, 0.3) is 0 Å². The molecule has 0 aliphatic carbocycles. The van der Waals surface area contributed by atoms with Gasteiger partial charge in [-0.05, 0) is 26.2 Å². The predicted molar refractivity (Wildman–Crippen MR) is 115 cm³/mol. The van der Waals surface area contributed by atoms with Crippen LogP contribution >= 0.6 is 0 Å². The fourth-order valence-electron chi connectivity index (χ4n) is 3.71. The summed E-state index contributed by atoms with van der Waals surface area (Å²) in [4.78, 5) is 0. The first-order valence-corrected chi connectivity index (χ1v) is 13.3. The second-order valence-corrected chi connectivity index (χ2v) is 10.0. The summed E-state index contributed by atoms with van der Waals surface area (Å²) in [5.41, 5.74) is 0. The second kappa shape index (κ2) is 18.2. The molecule has 1 saturated heterocycles. The number of hydrogen-bond acceptors (Lipinski definition) is 6. The third-order valence-corrected chi connectivity index (χ3v) is 6.25. The van der Waals surface area contributed by atoms with E-state index in [1.807, 2.05) is 6.92 Å². The van der Waals surface area contributed by atoms with Crippen molar-refractivity contribution >= 4 is 10.1 Å². The van der Waals surface area contributed by atoms with Gasteiger partial charge in [-0.2, -0.15) is 0 Å². The van der Waals surface area contributed by atoms with E-state index in [9.17, 15) is 13.0 Å². The van der Waals surface area contributed by atoms with Crippen LogP contribution in [0.15, 0.2) is 0 Å². The average Bonchev–Trinajstić information content (AvgIpc) is 3.03. The number of unbranched alkanes of at least 4 members (excludes halogenated alkanes) is 11. The topological polar surface area (TPSA) is 84.9 Å². The van der Waals surface area contributed by atoms with E-state index in [1.165, 1.54) is 64.2 Å². The van der Waals surface area contributed by atoms with Crippen LogP contribution in [0, 0.1) is 0 Å². The van der Waals surface area contributed by atoms with Crippen molar-refractivity contribution in [3.8, 4) is 0 Å².